The first-order valence-electron chi connectivity index (χ1n) is 5.29. The number of carbonyl (C=O) groups excluding carboxylic acids is 2. The molecule has 0 aliphatic heterocycles. The van der Waals surface area contributed by atoms with Gasteiger partial charge in [0.25, 0.3) is 0 Å². The van der Waals surface area contributed by atoms with Gasteiger partial charge in [0.2, 0.25) is 0 Å². The van der Waals surface area contributed by atoms with Crippen molar-refractivity contribution < 1.29 is 9.59 Å². The van der Waals surface area contributed by atoms with Gasteiger partial charge in [0.15, 0.2) is 0 Å². The molecule has 0 heterocycles. The lowest BCUT2D eigenvalue weighted by Crippen LogP contribution is -2.30. The number of hydrogen-bond acceptors (Lipinski definition) is 2. The fourth-order valence-corrected chi connectivity index (χ4v) is 2.05. The maximum absolute atomic E-state index is 11.6. The van der Waals surface area contributed by atoms with Gasteiger partial charge < -0.3 is 0 Å². The average molecular weight is 202 g/mol. The Kier molecular flexibility index (Phi) is 2.67. The molecule has 0 amide bonds. The molecular weight excluding hydrogens is 188 g/mol. The molecule has 0 saturated heterocycles. The third-order valence-electron chi connectivity index (χ3n) is 3.13. The highest BCUT2D eigenvalue weighted by molar-refractivity contribution is 6.04. The molecule has 0 unspecified atom stereocenters. The van der Waals surface area contributed by atoms with Gasteiger partial charge in [-0.2, -0.15) is 0 Å². The van der Waals surface area contributed by atoms with Crippen LogP contribution in [0.4, 0.5) is 0 Å². The summed E-state index contributed by atoms with van der Waals surface area (Å²) in [4.78, 5) is 23.1. The van der Waals surface area contributed by atoms with Crippen molar-refractivity contribution in [3.63, 3.8) is 0 Å². The Morgan fingerprint density at radius 1 is 1.00 bits per heavy atom. The van der Waals surface area contributed by atoms with E-state index >= 15 is 0 Å². The van der Waals surface area contributed by atoms with Crippen LogP contribution in [0, 0.1) is 5.92 Å². The van der Waals surface area contributed by atoms with E-state index in [0.717, 1.165) is 5.56 Å². The Morgan fingerprint density at radius 3 is 2.07 bits per heavy atom. The molecule has 2 nitrogen and oxygen atoms in total. The normalized spacial score (nSPS) is 26.7. The summed E-state index contributed by atoms with van der Waals surface area (Å²) in [6, 6.07) is 9.81. The zero-order valence-corrected chi connectivity index (χ0v) is 8.77. The maximum Gasteiger partial charge on any atom is 0.143 e. The minimum Gasteiger partial charge on any atom is -0.299 e. The van der Waals surface area contributed by atoms with Crippen LogP contribution in [0.3, 0.4) is 0 Å². The average Bonchev–Trinajstić information content (AvgIpc) is 2.26. The Hall–Kier alpha value is -1.44. The lowest BCUT2D eigenvalue weighted by molar-refractivity contribution is -0.135. The molecule has 15 heavy (non-hydrogen) atoms. The quantitative estimate of drug-likeness (QED) is 0.655. The second-order valence-electron chi connectivity index (χ2n) is 4.17. The summed E-state index contributed by atoms with van der Waals surface area (Å²) in [5.41, 5.74) is 1.10. The van der Waals surface area contributed by atoms with Crippen LogP contribution in [0.1, 0.15) is 31.2 Å². The van der Waals surface area contributed by atoms with E-state index in [0.29, 0.717) is 12.8 Å². The first-order valence-corrected chi connectivity index (χ1v) is 5.29. The molecule has 1 fully saturated rings. The molecule has 1 saturated carbocycles. The highest BCUT2D eigenvalue weighted by Crippen LogP contribution is 2.31. The van der Waals surface area contributed by atoms with Crippen molar-refractivity contribution in [3.05, 3.63) is 35.9 Å². The van der Waals surface area contributed by atoms with Gasteiger partial charge in [0.05, 0.1) is 5.92 Å². The number of benzene rings is 1. The molecule has 0 spiro atoms. The summed E-state index contributed by atoms with van der Waals surface area (Å²) < 4.78 is 0. The van der Waals surface area contributed by atoms with Gasteiger partial charge in [0.1, 0.15) is 11.6 Å². The first-order chi connectivity index (χ1) is 7.18. The van der Waals surface area contributed by atoms with Gasteiger partial charge in [-0.15, -0.1) is 0 Å². The smallest absolute Gasteiger partial charge is 0.143 e. The van der Waals surface area contributed by atoms with Crippen LogP contribution in [-0.2, 0) is 9.59 Å². The van der Waals surface area contributed by atoms with Crippen LogP contribution >= 0.6 is 0 Å². The fraction of sp³-hybridized carbons (Fsp3) is 0.385. The second kappa shape index (κ2) is 3.97. The maximum atomic E-state index is 11.6. The lowest BCUT2D eigenvalue weighted by Gasteiger charge is -2.24. The molecule has 0 atom stereocenters. The van der Waals surface area contributed by atoms with Gasteiger partial charge in [-0.1, -0.05) is 30.3 Å². The molecule has 0 N–H and O–H groups in total. The molecule has 2 rings (SSSR count). The Balaban J connectivity index is 2.20. The van der Waals surface area contributed by atoms with Crippen molar-refractivity contribution in [1.29, 1.82) is 0 Å². The third kappa shape index (κ3) is 1.99. The highest BCUT2D eigenvalue weighted by atomic mass is 16.2. The number of hydrogen-bond donors (Lipinski definition) is 0. The summed E-state index contributed by atoms with van der Waals surface area (Å²) in [5.74, 6) is -0.118. The van der Waals surface area contributed by atoms with Crippen molar-refractivity contribution in [2.75, 3.05) is 0 Å². The van der Waals surface area contributed by atoms with Crippen LogP contribution < -0.4 is 0 Å². The van der Waals surface area contributed by atoms with Gasteiger partial charge in [-0.05, 0) is 18.4 Å². The van der Waals surface area contributed by atoms with E-state index in [2.05, 4.69) is 0 Å². The molecule has 1 aromatic carbocycles. The zero-order chi connectivity index (χ0) is 10.8. The van der Waals surface area contributed by atoms with Crippen LogP contribution in [0.15, 0.2) is 30.3 Å². The predicted molar refractivity (Wildman–Crippen MR) is 57.6 cm³/mol. The number of rotatable bonds is 1. The summed E-state index contributed by atoms with van der Waals surface area (Å²) in [6.07, 6.45) is 1.02. The van der Waals surface area contributed by atoms with E-state index in [-0.39, 0.29) is 23.4 Å². The largest absolute Gasteiger partial charge is 0.299 e. The number of ketones is 2. The SMILES string of the molecule is CC1C(=O)CC(c2ccccc2)CC1=O. The minimum absolute atomic E-state index is 0.0834. The summed E-state index contributed by atoms with van der Waals surface area (Å²) in [5, 5.41) is 0. The number of carbonyl (C=O) groups is 2. The van der Waals surface area contributed by atoms with Crippen molar-refractivity contribution in [1.82, 2.24) is 0 Å². The standard InChI is InChI=1S/C13H14O2/c1-9-12(14)7-11(8-13(9)15)10-5-3-2-4-6-10/h2-6,9,11H,7-8H2,1H3. The lowest BCUT2D eigenvalue weighted by atomic mass is 9.78. The number of Topliss-reactive ketones (excluding diaryl/α,β-unsaturated/α-hetero) is 2. The molecule has 1 aliphatic rings. The zero-order valence-electron chi connectivity index (χ0n) is 8.77. The van der Waals surface area contributed by atoms with Gasteiger partial charge in [-0.3, -0.25) is 9.59 Å². The van der Waals surface area contributed by atoms with E-state index < -0.39 is 0 Å². The molecule has 0 bridgehead atoms. The van der Waals surface area contributed by atoms with Crippen LogP contribution in [0.5, 0.6) is 0 Å². The molecule has 0 radical (unpaired) electrons. The second-order valence-corrected chi connectivity index (χ2v) is 4.17. The van der Waals surface area contributed by atoms with E-state index in [1.54, 1.807) is 6.92 Å². The topological polar surface area (TPSA) is 34.1 Å². The van der Waals surface area contributed by atoms with Crippen LogP contribution in [-0.4, -0.2) is 11.6 Å². The monoisotopic (exact) mass is 202 g/mol. The molecule has 2 heteroatoms. The molecule has 0 aromatic heterocycles. The summed E-state index contributed by atoms with van der Waals surface area (Å²) >= 11 is 0. The third-order valence-corrected chi connectivity index (χ3v) is 3.13. The van der Waals surface area contributed by atoms with Gasteiger partial charge in [-0.25, -0.2) is 0 Å². The van der Waals surface area contributed by atoms with Gasteiger partial charge >= 0.3 is 0 Å². The van der Waals surface area contributed by atoms with E-state index in [1.165, 1.54) is 0 Å². The molecular formula is C13H14O2. The Morgan fingerprint density at radius 2 is 1.53 bits per heavy atom. The first kappa shape index (κ1) is 10.1. The van der Waals surface area contributed by atoms with Crippen molar-refractivity contribution in [3.8, 4) is 0 Å². The molecule has 1 aromatic rings. The molecule has 78 valence electrons. The Bertz CT molecular complexity index is 363. The molecule has 1 aliphatic carbocycles. The summed E-state index contributed by atoms with van der Waals surface area (Å²) in [6.45, 7) is 1.71. The van der Waals surface area contributed by atoms with E-state index in [9.17, 15) is 9.59 Å². The van der Waals surface area contributed by atoms with Crippen molar-refractivity contribution >= 4 is 11.6 Å². The fourth-order valence-electron chi connectivity index (χ4n) is 2.05. The predicted octanol–water partition coefficient (Wildman–Crippen LogP) is 2.34. The summed E-state index contributed by atoms with van der Waals surface area (Å²) in [7, 11) is 0. The van der Waals surface area contributed by atoms with E-state index in [1.807, 2.05) is 30.3 Å². The Labute approximate surface area is 89.3 Å². The minimum atomic E-state index is -0.384. The van der Waals surface area contributed by atoms with Gasteiger partial charge in [0, 0.05) is 12.8 Å². The van der Waals surface area contributed by atoms with Crippen molar-refractivity contribution in [2.45, 2.75) is 25.7 Å². The van der Waals surface area contributed by atoms with Crippen molar-refractivity contribution in [2.24, 2.45) is 5.92 Å². The highest BCUT2D eigenvalue weighted by Gasteiger charge is 2.32. The van der Waals surface area contributed by atoms with Crippen LogP contribution in [0.2, 0.25) is 0 Å². The van der Waals surface area contributed by atoms with Crippen LogP contribution in [0.25, 0.3) is 0 Å². The van der Waals surface area contributed by atoms with E-state index in [4.69, 9.17) is 0 Å².